The summed E-state index contributed by atoms with van der Waals surface area (Å²) in [5.41, 5.74) is 0.222. The van der Waals surface area contributed by atoms with Crippen molar-refractivity contribution in [1.82, 2.24) is 15.0 Å². The molecule has 0 saturated heterocycles. The Labute approximate surface area is 87.9 Å². The average Bonchev–Trinajstić information content (AvgIpc) is 2.72. The summed E-state index contributed by atoms with van der Waals surface area (Å²) in [6.45, 7) is 0.911. The van der Waals surface area contributed by atoms with Crippen molar-refractivity contribution in [3.63, 3.8) is 0 Å². The van der Waals surface area contributed by atoms with E-state index >= 15 is 0 Å². The Morgan fingerprint density at radius 3 is 3.00 bits per heavy atom. The maximum absolute atomic E-state index is 11.0. The van der Waals surface area contributed by atoms with Crippen LogP contribution >= 0.6 is 0 Å². The van der Waals surface area contributed by atoms with Gasteiger partial charge in [0.2, 0.25) is 0 Å². The smallest absolute Gasteiger partial charge is 0.360 e. The van der Waals surface area contributed by atoms with Gasteiger partial charge in [0.15, 0.2) is 5.69 Å². The van der Waals surface area contributed by atoms with Gasteiger partial charge in [-0.25, -0.2) is 4.79 Å². The number of rotatable bonds is 6. The van der Waals surface area contributed by atoms with Crippen LogP contribution in [0.5, 0.6) is 0 Å². The number of unbranched alkanes of at least 4 members (excludes halogenated alkanes) is 2. The molecule has 1 aromatic heterocycles. The number of ether oxygens (including phenoxy) is 1. The number of aliphatic hydroxyl groups excluding tert-OH is 1. The molecule has 15 heavy (non-hydrogen) atoms. The number of aryl methyl sites for hydroxylation is 1. The van der Waals surface area contributed by atoms with Gasteiger partial charge in [0.1, 0.15) is 0 Å². The van der Waals surface area contributed by atoms with E-state index in [-0.39, 0.29) is 12.3 Å². The molecule has 1 rings (SSSR count). The van der Waals surface area contributed by atoms with E-state index < -0.39 is 5.97 Å². The Kier molecular flexibility index (Phi) is 4.76. The molecule has 0 aromatic carbocycles. The summed E-state index contributed by atoms with van der Waals surface area (Å²) in [6.07, 6.45) is 4.19. The Bertz CT molecular complexity index is 311. The highest BCUT2D eigenvalue weighted by atomic mass is 16.5. The molecule has 1 aromatic rings. The molecule has 0 radical (unpaired) electrons. The number of hydrogen-bond acceptors (Lipinski definition) is 5. The highest BCUT2D eigenvalue weighted by Crippen LogP contribution is 2.00. The van der Waals surface area contributed by atoms with E-state index in [2.05, 4.69) is 15.0 Å². The molecule has 0 amide bonds. The molecule has 6 heteroatoms. The number of aromatic nitrogens is 3. The summed E-state index contributed by atoms with van der Waals surface area (Å²) in [4.78, 5) is 11.0. The van der Waals surface area contributed by atoms with Crippen LogP contribution in [0.4, 0.5) is 0 Å². The molecular formula is C9H15N3O3. The van der Waals surface area contributed by atoms with E-state index in [1.54, 1.807) is 10.9 Å². The van der Waals surface area contributed by atoms with Crippen molar-refractivity contribution in [2.24, 2.45) is 0 Å². The first kappa shape index (κ1) is 11.6. The zero-order valence-corrected chi connectivity index (χ0v) is 8.72. The van der Waals surface area contributed by atoms with Crippen molar-refractivity contribution in [3.8, 4) is 0 Å². The monoisotopic (exact) mass is 213 g/mol. The first-order valence-electron chi connectivity index (χ1n) is 4.87. The highest BCUT2D eigenvalue weighted by Gasteiger charge is 2.09. The van der Waals surface area contributed by atoms with E-state index in [4.69, 9.17) is 5.11 Å². The predicted molar refractivity (Wildman–Crippen MR) is 52.3 cm³/mol. The minimum Gasteiger partial charge on any atom is -0.464 e. The SMILES string of the molecule is COC(=O)c1cn(CCCCCO)nn1. The minimum atomic E-state index is -0.475. The highest BCUT2D eigenvalue weighted by molar-refractivity contribution is 5.86. The third-order valence-electron chi connectivity index (χ3n) is 1.98. The molecule has 0 unspecified atom stereocenters. The van der Waals surface area contributed by atoms with Crippen LogP contribution in [0.2, 0.25) is 0 Å². The second-order valence-electron chi connectivity index (χ2n) is 3.14. The first-order chi connectivity index (χ1) is 7.27. The topological polar surface area (TPSA) is 77.2 Å². The normalized spacial score (nSPS) is 10.3. The number of carbonyl (C=O) groups excluding carboxylic acids is 1. The van der Waals surface area contributed by atoms with Crippen molar-refractivity contribution in [2.45, 2.75) is 25.8 Å². The van der Waals surface area contributed by atoms with Gasteiger partial charge in [-0.15, -0.1) is 5.10 Å². The summed E-state index contributed by atoms with van der Waals surface area (Å²) in [5, 5.41) is 16.0. The molecule has 0 saturated carbocycles. The third-order valence-corrected chi connectivity index (χ3v) is 1.98. The molecule has 0 bridgehead atoms. The molecule has 0 aliphatic rings. The Morgan fingerprint density at radius 1 is 1.53 bits per heavy atom. The standard InChI is InChI=1S/C9H15N3O3/c1-15-9(14)8-7-12(11-10-8)5-3-2-4-6-13/h7,13H,2-6H2,1H3. The Balaban J connectivity index is 2.36. The van der Waals surface area contributed by atoms with E-state index in [0.29, 0.717) is 6.54 Å². The van der Waals surface area contributed by atoms with Crippen molar-refractivity contribution in [3.05, 3.63) is 11.9 Å². The van der Waals surface area contributed by atoms with Gasteiger partial charge in [-0.3, -0.25) is 4.68 Å². The van der Waals surface area contributed by atoms with E-state index in [9.17, 15) is 4.79 Å². The van der Waals surface area contributed by atoms with Crippen LogP contribution in [-0.4, -0.2) is 39.8 Å². The maximum Gasteiger partial charge on any atom is 0.360 e. The summed E-state index contributed by atoms with van der Waals surface area (Å²) in [7, 11) is 1.31. The second kappa shape index (κ2) is 6.13. The largest absolute Gasteiger partial charge is 0.464 e. The van der Waals surface area contributed by atoms with Gasteiger partial charge in [0, 0.05) is 13.2 Å². The van der Waals surface area contributed by atoms with Crippen LogP contribution < -0.4 is 0 Å². The quantitative estimate of drug-likeness (QED) is 0.540. The van der Waals surface area contributed by atoms with Gasteiger partial charge in [0.25, 0.3) is 0 Å². The van der Waals surface area contributed by atoms with Gasteiger partial charge >= 0.3 is 5.97 Å². The molecule has 0 spiro atoms. The zero-order chi connectivity index (χ0) is 11.1. The molecule has 0 aliphatic carbocycles. The van der Waals surface area contributed by atoms with Crippen molar-refractivity contribution < 1.29 is 14.6 Å². The van der Waals surface area contributed by atoms with Crippen LogP contribution in [0.1, 0.15) is 29.8 Å². The first-order valence-corrected chi connectivity index (χ1v) is 4.87. The lowest BCUT2D eigenvalue weighted by atomic mass is 10.2. The van der Waals surface area contributed by atoms with E-state index in [1.807, 2.05) is 0 Å². The molecule has 1 heterocycles. The van der Waals surface area contributed by atoms with E-state index in [1.165, 1.54) is 7.11 Å². The predicted octanol–water partition coefficient (Wildman–Crippen LogP) is 0.227. The van der Waals surface area contributed by atoms with Crippen LogP contribution in [0.25, 0.3) is 0 Å². The number of aliphatic hydroxyl groups is 1. The van der Waals surface area contributed by atoms with Crippen LogP contribution in [0, 0.1) is 0 Å². The second-order valence-corrected chi connectivity index (χ2v) is 3.14. The lowest BCUT2D eigenvalue weighted by Crippen LogP contribution is -2.01. The summed E-state index contributed by atoms with van der Waals surface area (Å²) < 4.78 is 6.11. The van der Waals surface area contributed by atoms with Crippen molar-refractivity contribution >= 4 is 5.97 Å². The number of esters is 1. The van der Waals surface area contributed by atoms with Gasteiger partial charge in [-0.2, -0.15) is 0 Å². The molecular weight excluding hydrogens is 198 g/mol. The number of methoxy groups -OCH3 is 1. The van der Waals surface area contributed by atoms with Gasteiger partial charge in [-0.05, 0) is 19.3 Å². The summed E-state index contributed by atoms with van der Waals surface area (Å²) in [6, 6.07) is 0. The molecule has 0 aliphatic heterocycles. The summed E-state index contributed by atoms with van der Waals surface area (Å²) in [5.74, 6) is -0.475. The van der Waals surface area contributed by atoms with Crippen LogP contribution in [0.15, 0.2) is 6.20 Å². The third kappa shape index (κ3) is 3.67. The molecule has 1 N–H and O–H groups in total. The fourth-order valence-corrected chi connectivity index (χ4v) is 1.17. The molecule has 0 atom stereocenters. The number of nitrogens with zero attached hydrogens (tertiary/aromatic N) is 3. The van der Waals surface area contributed by atoms with Crippen molar-refractivity contribution in [1.29, 1.82) is 0 Å². The van der Waals surface area contributed by atoms with Crippen molar-refractivity contribution in [2.75, 3.05) is 13.7 Å². The average molecular weight is 213 g/mol. The zero-order valence-electron chi connectivity index (χ0n) is 8.72. The van der Waals surface area contributed by atoms with Crippen LogP contribution in [0.3, 0.4) is 0 Å². The summed E-state index contributed by atoms with van der Waals surface area (Å²) >= 11 is 0. The number of hydrogen-bond donors (Lipinski definition) is 1. The Hall–Kier alpha value is -1.43. The minimum absolute atomic E-state index is 0.213. The van der Waals surface area contributed by atoms with Crippen LogP contribution in [-0.2, 0) is 11.3 Å². The molecule has 6 nitrogen and oxygen atoms in total. The molecule has 84 valence electrons. The lowest BCUT2D eigenvalue weighted by Gasteiger charge is -1.98. The van der Waals surface area contributed by atoms with Gasteiger partial charge in [-0.1, -0.05) is 5.21 Å². The number of carbonyl (C=O) groups is 1. The van der Waals surface area contributed by atoms with Gasteiger partial charge < -0.3 is 9.84 Å². The Morgan fingerprint density at radius 2 is 2.33 bits per heavy atom. The fraction of sp³-hybridized carbons (Fsp3) is 0.667. The lowest BCUT2D eigenvalue weighted by molar-refractivity contribution is 0.0594. The van der Waals surface area contributed by atoms with E-state index in [0.717, 1.165) is 19.3 Å². The van der Waals surface area contributed by atoms with Gasteiger partial charge in [0.05, 0.1) is 13.3 Å². The molecule has 0 fully saturated rings. The maximum atomic E-state index is 11.0. The fourth-order valence-electron chi connectivity index (χ4n) is 1.17.